The summed E-state index contributed by atoms with van der Waals surface area (Å²) in [4.78, 5) is 22.6. The molecular weight excluding hydrogens is 244 g/mol. The molecule has 2 rings (SSSR count). The minimum atomic E-state index is -1.11. The molecule has 0 aliphatic heterocycles. The van der Waals surface area contributed by atoms with E-state index in [1.807, 2.05) is 0 Å². The normalized spacial score (nSPS) is 10.2. The Morgan fingerprint density at radius 3 is 2.88 bits per heavy atom. The molecule has 2 aromatic rings. The molecule has 0 saturated heterocycles. The van der Waals surface area contributed by atoms with E-state index in [2.05, 4.69) is 19.9 Å². The molecule has 88 valence electrons. The summed E-state index contributed by atoms with van der Waals surface area (Å²) in [6.45, 7) is 1.58. The van der Waals surface area contributed by atoms with Crippen LogP contribution in [-0.4, -0.2) is 31.6 Å². The fraction of sp³-hybridized carbons (Fsp3) is 0.111. The Kier molecular flexibility index (Phi) is 2.88. The molecule has 2 heterocycles. The molecule has 0 bridgehead atoms. The number of H-pyrrole nitrogens is 1. The van der Waals surface area contributed by atoms with Crippen LogP contribution in [0.3, 0.4) is 0 Å². The SMILES string of the molecule is Cc1nsc(NC(=O)c2ccn[nH]2)c1C(=O)O. The predicted molar refractivity (Wildman–Crippen MR) is 60.4 cm³/mol. The summed E-state index contributed by atoms with van der Waals surface area (Å²) in [5.41, 5.74) is 0.651. The molecule has 0 aliphatic rings. The van der Waals surface area contributed by atoms with Crippen molar-refractivity contribution >= 4 is 28.4 Å². The first kappa shape index (κ1) is 11.3. The van der Waals surface area contributed by atoms with E-state index in [0.717, 1.165) is 11.5 Å². The van der Waals surface area contributed by atoms with Crippen molar-refractivity contribution in [2.75, 3.05) is 5.32 Å². The van der Waals surface area contributed by atoms with Crippen LogP contribution in [0.25, 0.3) is 0 Å². The van der Waals surface area contributed by atoms with E-state index in [1.165, 1.54) is 12.3 Å². The molecule has 0 aromatic carbocycles. The van der Waals surface area contributed by atoms with Gasteiger partial charge < -0.3 is 10.4 Å². The number of carbonyl (C=O) groups is 2. The van der Waals surface area contributed by atoms with Crippen molar-refractivity contribution in [1.82, 2.24) is 14.6 Å². The van der Waals surface area contributed by atoms with E-state index in [1.54, 1.807) is 6.92 Å². The highest BCUT2D eigenvalue weighted by atomic mass is 32.1. The van der Waals surface area contributed by atoms with Crippen LogP contribution in [0.5, 0.6) is 0 Å². The number of rotatable bonds is 3. The second-order valence-electron chi connectivity index (χ2n) is 3.20. The lowest BCUT2D eigenvalue weighted by atomic mass is 10.2. The Morgan fingerprint density at radius 1 is 1.53 bits per heavy atom. The highest BCUT2D eigenvalue weighted by Crippen LogP contribution is 2.24. The zero-order valence-corrected chi connectivity index (χ0v) is 9.54. The molecule has 0 radical (unpaired) electrons. The third kappa shape index (κ3) is 2.16. The molecule has 0 saturated carbocycles. The maximum absolute atomic E-state index is 11.7. The van der Waals surface area contributed by atoms with Crippen molar-refractivity contribution < 1.29 is 14.7 Å². The number of aromatic nitrogens is 3. The number of hydrogen-bond acceptors (Lipinski definition) is 5. The van der Waals surface area contributed by atoms with Crippen molar-refractivity contribution in [1.29, 1.82) is 0 Å². The number of nitrogens with zero attached hydrogens (tertiary/aromatic N) is 2. The lowest BCUT2D eigenvalue weighted by Crippen LogP contribution is -2.14. The summed E-state index contributed by atoms with van der Waals surface area (Å²) < 4.78 is 3.89. The third-order valence-corrected chi connectivity index (χ3v) is 2.90. The van der Waals surface area contributed by atoms with Crippen molar-refractivity contribution in [2.24, 2.45) is 0 Å². The van der Waals surface area contributed by atoms with Crippen LogP contribution in [0, 0.1) is 6.92 Å². The topological polar surface area (TPSA) is 108 Å². The smallest absolute Gasteiger partial charge is 0.340 e. The van der Waals surface area contributed by atoms with Gasteiger partial charge in [-0.15, -0.1) is 0 Å². The van der Waals surface area contributed by atoms with E-state index in [9.17, 15) is 9.59 Å². The van der Waals surface area contributed by atoms with Crippen molar-refractivity contribution in [3.63, 3.8) is 0 Å². The molecule has 0 atom stereocenters. The largest absolute Gasteiger partial charge is 0.478 e. The van der Waals surface area contributed by atoms with Gasteiger partial charge in [0.2, 0.25) is 0 Å². The molecule has 7 nitrogen and oxygen atoms in total. The molecule has 3 N–H and O–H groups in total. The zero-order chi connectivity index (χ0) is 12.4. The average Bonchev–Trinajstić information content (AvgIpc) is 2.87. The molecule has 0 unspecified atom stereocenters. The molecule has 2 aromatic heterocycles. The lowest BCUT2D eigenvalue weighted by Gasteiger charge is -2.01. The van der Waals surface area contributed by atoms with Gasteiger partial charge in [0.1, 0.15) is 16.3 Å². The maximum Gasteiger partial charge on any atom is 0.340 e. The number of hydrogen-bond donors (Lipinski definition) is 3. The molecule has 0 spiro atoms. The van der Waals surface area contributed by atoms with Gasteiger partial charge in [0.05, 0.1) is 5.69 Å². The van der Waals surface area contributed by atoms with Gasteiger partial charge in [-0.3, -0.25) is 9.89 Å². The number of nitrogens with one attached hydrogen (secondary N) is 2. The fourth-order valence-electron chi connectivity index (χ4n) is 1.26. The number of amides is 1. The quantitative estimate of drug-likeness (QED) is 0.758. The first-order chi connectivity index (χ1) is 8.09. The zero-order valence-electron chi connectivity index (χ0n) is 8.72. The van der Waals surface area contributed by atoms with E-state index in [0.29, 0.717) is 5.69 Å². The number of aryl methyl sites for hydroxylation is 1. The Morgan fingerprint density at radius 2 is 2.29 bits per heavy atom. The van der Waals surface area contributed by atoms with Crippen molar-refractivity contribution in [3.05, 3.63) is 29.2 Å². The van der Waals surface area contributed by atoms with Gasteiger partial charge in [-0.1, -0.05) is 0 Å². The Balaban J connectivity index is 2.25. The van der Waals surface area contributed by atoms with Gasteiger partial charge in [-0.2, -0.15) is 9.47 Å². The molecule has 17 heavy (non-hydrogen) atoms. The molecule has 0 aliphatic carbocycles. The van der Waals surface area contributed by atoms with Gasteiger partial charge in [-0.05, 0) is 24.5 Å². The average molecular weight is 252 g/mol. The molecule has 0 fully saturated rings. The monoisotopic (exact) mass is 252 g/mol. The minimum absolute atomic E-state index is 0.0165. The van der Waals surface area contributed by atoms with Gasteiger partial charge >= 0.3 is 5.97 Å². The predicted octanol–water partition coefficient (Wildman–Crippen LogP) is 1.13. The standard InChI is InChI=1S/C9H8N4O3S/c1-4-6(9(15)16)8(17-13-4)11-7(14)5-2-3-10-12-5/h2-3H,1H3,(H,10,12)(H,11,14)(H,15,16). The Hall–Kier alpha value is -2.22. The minimum Gasteiger partial charge on any atom is -0.478 e. The summed E-state index contributed by atoms with van der Waals surface area (Å²) in [5.74, 6) is -1.56. The number of carbonyl (C=O) groups excluding carboxylic acids is 1. The fourth-order valence-corrected chi connectivity index (χ4v) is 2.04. The summed E-state index contributed by atoms with van der Waals surface area (Å²) >= 11 is 0.933. The highest BCUT2D eigenvalue weighted by molar-refractivity contribution is 7.11. The van der Waals surface area contributed by atoms with Crippen LogP contribution < -0.4 is 5.32 Å². The molecule has 8 heteroatoms. The summed E-state index contributed by atoms with van der Waals surface area (Å²) in [5, 5.41) is 17.8. The van der Waals surface area contributed by atoms with Crippen LogP contribution >= 0.6 is 11.5 Å². The van der Waals surface area contributed by atoms with Crippen LogP contribution in [0.1, 0.15) is 26.5 Å². The van der Waals surface area contributed by atoms with E-state index in [-0.39, 0.29) is 16.3 Å². The van der Waals surface area contributed by atoms with Crippen LogP contribution in [0.15, 0.2) is 12.3 Å². The number of carboxylic acid groups (broad SMARTS) is 1. The highest BCUT2D eigenvalue weighted by Gasteiger charge is 2.19. The Labute approximate surface area is 99.6 Å². The number of carboxylic acids is 1. The van der Waals surface area contributed by atoms with Crippen LogP contribution in [0.2, 0.25) is 0 Å². The third-order valence-electron chi connectivity index (χ3n) is 2.05. The summed E-state index contributed by atoms with van der Waals surface area (Å²) in [7, 11) is 0. The maximum atomic E-state index is 11.7. The van der Waals surface area contributed by atoms with Gasteiger partial charge in [0.25, 0.3) is 5.91 Å². The van der Waals surface area contributed by atoms with Crippen LogP contribution in [0.4, 0.5) is 5.00 Å². The van der Waals surface area contributed by atoms with E-state index in [4.69, 9.17) is 5.11 Å². The Bertz CT molecular complexity index is 561. The second kappa shape index (κ2) is 4.34. The second-order valence-corrected chi connectivity index (χ2v) is 3.98. The number of anilines is 1. The van der Waals surface area contributed by atoms with Crippen molar-refractivity contribution in [2.45, 2.75) is 6.92 Å². The van der Waals surface area contributed by atoms with E-state index < -0.39 is 11.9 Å². The van der Waals surface area contributed by atoms with E-state index >= 15 is 0 Å². The van der Waals surface area contributed by atoms with Crippen molar-refractivity contribution in [3.8, 4) is 0 Å². The number of aromatic carboxylic acids is 1. The summed E-state index contributed by atoms with van der Waals surface area (Å²) in [6, 6.07) is 1.49. The molecular formula is C9H8N4O3S. The van der Waals surface area contributed by atoms with Gasteiger partial charge in [0.15, 0.2) is 0 Å². The first-order valence-corrected chi connectivity index (χ1v) is 5.37. The van der Waals surface area contributed by atoms with Gasteiger partial charge in [-0.25, -0.2) is 4.79 Å². The van der Waals surface area contributed by atoms with Gasteiger partial charge in [0, 0.05) is 6.20 Å². The lowest BCUT2D eigenvalue weighted by molar-refractivity contribution is 0.0697. The van der Waals surface area contributed by atoms with Crippen LogP contribution in [-0.2, 0) is 0 Å². The first-order valence-electron chi connectivity index (χ1n) is 4.60. The number of aromatic amines is 1. The summed E-state index contributed by atoms with van der Waals surface area (Å²) in [6.07, 6.45) is 1.44. The molecule has 1 amide bonds.